The maximum atomic E-state index is 12.1. The summed E-state index contributed by atoms with van der Waals surface area (Å²) in [6.07, 6.45) is 7.92. The molecule has 9 nitrogen and oxygen atoms in total. The number of amides is 1. The fourth-order valence-corrected chi connectivity index (χ4v) is 2.53. The number of anilines is 3. The Morgan fingerprint density at radius 2 is 1.86 bits per heavy atom. The Morgan fingerprint density at radius 1 is 1.04 bits per heavy atom. The van der Waals surface area contributed by atoms with Gasteiger partial charge in [0, 0.05) is 42.2 Å². The standard InChI is InChI=1S/C19H16N8O/c1-13-23-17(11-18(24-13)27-10-2-7-22-27)25-14-3-5-15(6-4-14)26-19(28)16-12-20-8-9-21-16/h2-12H,1H3,(H,26,28)(H,23,24,25). The molecule has 0 fully saturated rings. The Hall–Kier alpha value is -4.14. The van der Waals surface area contributed by atoms with Gasteiger partial charge in [0.15, 0.2) is 5.82 Å². The molecule has 0 atom stereocenters. The Balaban J connectivity index is 1.47. The molecule has 28 heavy (non-hydrogen) atoms. The minimum atomic E-state index is -0.316. The summed E-state index contributed by atoms with van der Waals surface area (Å²) in [4.78, 5) is 28.8. The van der Waals surface area contributed by atoms with Crippen molar-refractivity contribution in [3.8, 4) is 5.82 Å². The Kier molecular flexibility index (Phi) is 4.70. The molecule has 3 aromatic heterocycles. The molecule has 4 rings (SSSR count). The van der Waals surface area contributed by atoms with Gasteiger partial charge in [0.1, 0.15) is 17.3 Å². The average Bonchev–Trinajstić information content (AvgIpc) is 3.25. The molecular formula is C19H16N8O. The normalized spacial score (nSPS) is 10.5. The van der Waals surface area contributed by atoms with Crippen LogP contribution in [0.2, 0.25) is 0 Å². The predicted molar refractivity (Wildman–Crippen MR) is 104 cm³/mol. The molecule has 9 heteroatoms. The average molecular weight is 372 g/mol. The molecule has 0 aliphatic heterocycles. The number of aromatic nitrogens is 6. The summed E-state index contributed by atoms with van der Waals surface area (Å²) in [5.41, 5.74) is 1.73. The third-order valence-corrected chi connectivity index (χ3v) is 3.77. The van der Waals surface area contributed by atoms with Crippen LogP contribution in [-0.2, 0) is 0 Å². The summed E-state index contributed by atoms with van der Waals surface area (Å²) >= 11 is 0. The molecule has 0 saturated heterocycles. The molecule has 0 saturated carbocycles. The zero-order valence-corrected chi connectivity index (χ0v) is 14.9. The van der Waals surface area contributed by atoms with Crippen LogP contribution in [0.1, 0.15) is 16.3 Å². The number of carbonyl (C=O) groups excluding carboxylic acids is 1. The molecule has 138 valence electrons. The van der Waals surface area contributed by atoms with E-state index in [9.17, 15) is 4.79 Å². The molecule has 4 aromatic rings. The first-order valence-electron chi connectivity index (χ1n) is 8.47. The summed E-state index contributed by atoms with van der Waals surface area (Å²) in [5, 5.41) is 10.2. The lowest BCUT2D eigenvalue weighted by Gasteiger charge is -2.10. The van der Waals surface area contributed by atoms with E-state index in [2.05, 4.69) is 35.7 Å². The van der Waals surface area contributed by atoms with E-state index in [1.54, 1.807) is 23.0 Å². The monoisotopic (exact) mass is 372 g/mol. The van der Waals surface area contributed by atoms with Gasteiger partial charge in [0.25, 0.3) is 5.91 Å². The molecule has 0 spiro atoms. The van der Waals surface area contributed by atoms with Gasteiger partial charge in [-0.05, 0) is 37.3 Å². The highest BCUT2D eigenvalue weighted by atomic mass is 16.1. The summed E-state index contributed by atoms with van der Waals surface area (Å²) in [6.45, 7) is 1.82. The summed E-state index contributed by atoms with van der Waals surface area (Å²) in [7, 11) is 0. The molecule has 0 aliphatic carbocycles. The van der Waals surface area contributed by atoms with E-state index in [4.69, 9.17) is 0 Å². The molecule has 1 aromatic carbocycles. The topological polar surface area (TPSA) is 111 Å². The van der Waals surface area contributed by atoms with E-state index >= 15 is 0 Å². The lowest BCUT2D eigenvalue weighted by atomic mass is 10.2. The number of carbonyl (C=O) groups is 1. The van der Waals surface area contributed by atoms with Crippen LogP contribution in [0.5, 0.6) is 0 Å². The molecule has 2 N–H and O–H groups in total. The van der Waals surface area contributed by atoms with Gasteiger partial charge < -0.3 is 10.6 Å². The maximum Gasteiger partial charge on any atom is 0.275 e. The second-order valence-electron chi connectivity index (χ2n) is 5.86. The zero-order valence-electron chi connectivity index (χ0n) is 14.9. The fraction of sp³-hybridized carbons (Fsp3) is 0.0526. The number of hydrogen-bond acceptors (Lipinski definition) is 7. The van der Waals surface area contributed by atoms with Crippen molar-refractivity contribution in [2.24, 2.45) is 0 Å². The second kappa shape index (κ2) is 7.62. The van der Waals surface area contributed by atoms with E-state index in [0.29, 0.717) is 23.1 Å². The molecular weight excluding hydrogens is 356 g/mol. The minimum Gasteiger partial charge on any atom is -0.340 e. The summed E-state index contributed by atoms with van der Waals surface area (Å²) in [5.74, 6) is 1.63. The Morgan fingerprint density at radius 3 is 2.57 bits per heavy atom. The van der Waals surface area contributed by atoms with E-state index in [-0.39, 0.29) is 11.6 Å². The highest BCUT2D eigenvalue weighted by Gasteiger charge is 2.08. The first-order chi connectivity index (χ1) is 13.7. The van der Waals surface area contributed by atoms with Gasteiger partial charge in [-0.2, -0.15) is 5.10 Å². The van der Waals surface area contributed by atoms with E-state index < -0.39 is 0 Å². The van der Waals surface area contributed by atoms with Crippen LogP contribution in [0, 0.1) is 6.92 Å². The first kappa shape index (κ1) is 17.3. The molecule has 3 heterocycles. The van der Waals surface area contributed by atoms with E-state index in [0.717, 1.165) is 5.69 Å². The third kappa shape index (κ3) is 3.98. The van der Waals surface area contributed by atoms with Crippen LogP contribution in [0.3, 0.4) is 0 Å². The van der Waals surface area contributed by atoms with Gasteiger partial charge in [-0.1, -0.05) is 0 Å². The van der Waals surface area contributed by atoms with E-state index in [1.807, 2.05) is 37.4 Å². The lowest BCUT2D eigenvalue weighted by molar-refractivity contribution is 0.102. The maximum absolute atomic E-state index is 12.1. The van der Waals surface area contributed by atoms with Crippen LogP contribution in [-0.4, -0.2) is 35.6 Å². The van der Waals surface area contributed by atoms with Gasteiger partial charge in [-0.3, -0.25) is 9.78 Å². The van der Waals surface area contributed by atoms with Crippen molar-refractivity contribution in [1.82, 2.24) is 29.7 Å². The van der Waals surface area contributed by atoms with E-state index in [1.165, 1.54) is 18.6 Å². The Bertz CT molecular complexity index is 1080. The number of rotatable bonds is 5. The van der Waals surface area contributed by atoms with Crippen LogP contribution in [0.25, 0.3) is 5.82 Å². The quantitative estimate of drug-likeness (QED) is 0.554. The highest BCUT2D eigenvalue weighted by molar-refractivity contribution is 6.02. The first-order valence-corrected chi connectivity index (χ1v) is 8.47. The third-order valence-electron chi connectivity index (χ3n) is 3.77. The van der Waals surface area contributed by atoms with Gasteiger partial charge >= 0.3 is 0 Å². The number of aryl methyl sites for hydroxylation is 1. The number of nitrogens with zero attached hydrogens (tertiary/aromatic N) is 6. The van der Waals surface area contributed by atoms with Crippen molar-refractivity contribution in [3.05, 3.63) is 78.9 Å². The molecule has 0 radical (unpaired) electrons. The number of benzene rings is 1. The van der Waals surface area contributed by atoms with Crippen LogP contribution >= 0.6 is 0 Å². The lowest BCUT2D eigenvalue weighted by Crippen LogP contribution is -2.13. The Labute approximate surface area is 160 Å². The van der Waals surface area contributed by atoms with Crippen molar-refractivity contribution < 1.29 is 4.79 Å². The summed E-state index contributed by atoms with van der Waals surface area (Å²) in [6, 6.07) is 10.9. The van der Waals surface area contributed by atoms with Gasteiger partial charge in [-0.25, -0.2) is 19.6 Å². The van der Waals surface area contributed by atoms with Crippen molar-refractivity contribution in [2.45, 2.75) is 6.92 Å². The van der Waals surface area contributed by atoms with Crippen molar-refractivity contribution in [2.75, 3.05) is 10.6 Å². The molecule has 1 amide bonds. The van der Waals surface area contributed by atoms with Crippen molar-refractivity contribution in [1.29, 1.82) is 0 Å². The largest absolute Gasteiger partial charge is 0.340 e. The number of nitrogens with one attached hydrogen (secondary N) is 2. The second-order valence-corrected chi connectivity index (χ2v) is 5.86. The highest BCUT2D eigenvalue weighted by Crippen LogP contribution is 2.19. The van der Waals surface area contributed by atoms with Gasteiger partial charge in [0.05, 0.1) is 6.20 Å². The number of hydrogen-bond donors (Lipinski definition) is 2. The zero-order chi connectivity index (χ0) is 19.3. The van der Waals surface area contributed by atoms with Crippen LogP contribution in [0.4, 0.5) is 17.2 Å². The fourth-order valence-electron chi connectivity index (χ4n) is 2.53. The van der Waals surface area contributed by atoms with Crippen molar-refractivity contribution in [3.63, 3.8) is 0 Å². The van der Waals surface area contributed by atoms with Crippen LogP contribution in [0.15, 0.2) is 67.4 Å². The molecule has 0 aliphatic rings. The molecule has 0 bridgehead atoms. The SMILES string of the molecule is Cc1nc(Nc2ccc(NC(=O)c3cnccn3)cc2)cc(-n2cccn2)n1. The van der Waals surface area contributed by atoms with Gasteiger partial charge in [-0.15, -0.1) is 0 Å². The van der Waals surface area contributed by atoms with Gasteiger partial charge in [0.2, 0.25) is 0 Å². The van der Waals surface area contributed by atoms with Crippen LogP contribution < -0.4 is 10.6 Å². The predicted octanol–water partition coefficient (Wildman–Crippen LogP) is 2.76. The molecule has 0 unspecified atom stereocenters. The summed E-state index contributed by atoms with van der Waals surface area (Å²) < 4.78 is 1.67. The smallest absolute Gasteiger partial charge is 0.275 e. The van der Waals surface area contributed by atoms with Crippen molar-refractivity contribution >= 4 is 23.1 Å². The minimum absolute atomic E-state index is 0.257.